The SMILES string of the molecule is CC(C)C[C@H]1COCCN1C(=O)c1cn(C2CCNCC2)nn1. The number of nitrogens with zero attached hydrogens (tertiary/aromatic N) is 4. The largest absolute Gasteiger partial charge is 0.377 e. The highest BCUT2D eigenvalue weighted by atomic mass is 16.5. The van der Waals surface area contributed by atoms with E-state index in [4.69, 9.17) is 4.74 Å². The standard InChI is InChI=1S/C16H27N5O2/c1-12(2)9-14-11-23-8-7-20(14)16(22)15-10-21(19-18-15)13-3-5-17-6-4-13/h10,12-14,17H,3-9,11H2,1-2H3/t14-/m0/s1. The lowest BCUT2D eigenvalue weighted by Gasteiger charge is -2.36. The molecule has 1 atom stereocenters. The molecule has 0 radical (unpaired) electrons. The average Bonchev–Trinajstić information content (AvgIpc) is 3.05. The summed E-state index contributed by atoms with van der Waals surface area (Å²) in [6.07, 6.45) is 4.84. The van der Waals surface area contributed by atoms with E-state index in [1.165, 1.54) is 0 Å². The maximum atomic E-state index is 12.8. The average molecular weight is 321 g/mol. The molecule has 7 nitrogen and oxygen atoms in total. The summed E-state index contributed by atoms with van der Waals surface area (Å²) in [5.74, 6) is 0.515. The highest BCUT2D eigenvalue weighted by Gasteiger charge is 2.30. The van der Waals surface area contributed by atoms with E-state index in [2.05, 4.69) is 29.5 Å². The van der Waals surface area contributed by atoms with Crippen molar-refractivity contribution in [1.82, 2.24) is 25.2 Å². The lowest BCUT2D eigenvalue weighted by Crippen LogP contribution is -2.49. The zero-order valence-corrected chi connectivity index (χ0v) is 14.1. The summed E-state index contributed by atoms with van der Waals surface area (Å²) in [5.41, 5.74) is 0.458. The molecule has 3 rings (SSSR count). The molecular weight excluding hydrogens is 294 g/mol. The number of hydrogen-bond acceptors (Lipinski definition) is 5. The Morgan fingerprint density at radius 2 is 2.22 bits per heavy atom. The number of amides is 1. The second-order valence-electron chi connectivity index (χ2n) is 6.92. The number of carbonyl (C=O) groups is 1. The van der Waals surface area contributed by atoms with Crippen LogP contribution in [-0.2, 0) is 4.74 Å². The maximum Gasteiger partial charge on any atom is 0.276 e. The van der Waals surface area contributed by atoms with Crippen LogP contribution in [0.5, 0.6) is 0 Å². The van der Waals surface area contributed by atoms with Crippen LogP contribution in [0.4, 0.5) is 0 Å². The summed E-state index contributed by atoms with van der Waals surface area (Å²) in [5, 5.41) is 11.7. The van der Waals surface area contributed by atoms with Gasteiger partial charge in [0.25, 0.3) is 5.91 Å². The van der Waals surface area contributed by atoms with E-state index in [1.54, 1.807) is 0 Å². The van der Waals surface area contributed by atoms with Gasteiger partial charge in [0, 0.05) is 6.54 Å². The number of ether oxygens (including phenoxy) is 1. The van der Waals surface area contributed by atoms with Crippen molar-refractivity contribution in [2.75, 3.05) is 32.8 Å². The second kappa shape index (κ2) is 7.40. The van der Waals surface area contributed by atoms with Crippen LogP contribution in [0.1, 0.15) is 49.6 Å². The van der Waals surface area contributed by atoms with Crippen molar-refractivity contribution in [1.29, 1.82) is 0 Å². The van der Waals surface area contributed by atoms with Crippen molar-refractivity contribution in [2.24, 2.45) is 5.92 Å². The normalized spacial score (nSPS) is 23.4. The van der Waals surface area contributed by atoms with Crippen LogP contribution < -0.4 is 5.32 Å². The van der Waals surface area contributed by atoms with Gasteiger partial charge >= 0.3 is 0 Å². The zero-order valence-electron chi connectivity index (χ0n) is 14.1. The fourth-order valence-corrected chi connectivity index (χ4v) is 3.43. The Morgan fingerprint density at radius 1 is 1.43 bits per heavy atom. The third kappa shape index (κ3) is 3.90. The molecule has 1 aromatic heterocycles. The van der Waals surface area contributed by atoms with Crippen molar-refractivity contribution >= 4 is 5.91 Å². The van der Waals surface area contributed by atoms with Gasteiger partial charge in [0.2, 0.25) is 0 Å². The van der Waals surface area contributed by atoms with Gasteiger partial charge in [0.1, 0.15) is 0 Å². The minimum absolute atomic E-state index is 0.0147. The van der Waals surface area contributed by atoms with Gasteiger partial charge in [-0.2, -0.15) is 0 Å². The maximum absolute atomic E-state index is 12.8. The van der Waals surface area contributed by atoms with Gasteiger partial charge in [-0.25, -0.2) is 4.68 Å². The molecule has 2 aliphatic heterocycles. The highest BCUT2D eigenvalue weighted by Crippen LogP contribution is 2.20. The molecule has 0 bridgehead atoms. The Hall–Kier alpha value is -1.47. The van der Waals surface area contributed by atoms with Crippen LogP contribution in [0.25, 0.3) is 0 Å². The lowest BCUT2D eigenvalue weighted by atomic mass is 10.0. The van der Waals surface area contributed by atoms with Crippen LogP contribution >= 0.6 is 0 Å². The molecule has 1 aromatic rings. The van der Waals surface area contributed by atoms with Gasteiger partial charge in [-0.15, -0.1) is 5.10 Å². The Kier molecular flexibility index (Phi) is 5.27. The molecular formula is C16H27N5O2. The van der Waals surface area contributed by atoms with Crippen LogP contribution in [0.2, 0.25) is 0 Å². The van der Waals surface area contributed by atoms with Gasteiger partial charge < -0.3 is 15.0 Å². The van der Waals surface area contributed by atoms with Crippen molar-refractivity contribution in [3.8, 4) is 0 Å². The topological polar surface area (TPSA) is 72.3 Å². The number of morpholine rings is 1. The predicted molar refractivity (Wildman–Crippen MR) is 86.3 cm³/mol. The lowest BCUT2D eigenvalue weighted by molar-refractivity contribution is -0.00776. The molecule has 2 fully saturated rings. The number of nitrogens with one attached hydrogen (secondary N) is 1. The molecule has 23 heavy (non-hydrogen) atoms. The highest BCUT2D eigenvalue weighted by molar-refractivity contribution is 5.92. The van der Waals surface area contributed by atoms with Crippen LogP contribution in [0.3, 0.4) is 0 Å². The van der Waals surface area contributed by atoms with Crippen LogP contribution in [0, 0.1) is 5.92 Å². The summed E-state index contributed by atoms with van der Waals surface area (Å²) in [6, 6.07) is 0.488. The first-order valence-corrected chi connectivity index (χ1v) is 8.66. The first-order chi connectivity index (χ1) is 11.1. The number of hydrogen-bond donors (Lipinski definition) is 1. The summed E-state index contributed by atoms with van der Waals surface area (Å²) >= 11 is 0. The molecule has 1 amide bonds. The summed E-state index contributed by atoms with van der Waals surface area (Å²) in [6.45, 7) is 8.18. The Bertz CT molecular complexity index is 524. The van der Waals surface area contributed by atoms with Crippen molar-refractivity contribution in [3.63, 3.8) is 0 Å². The Labute approximate surface area is 137 Å². The molecule has 0 saturated carbocycles. The molecule has 0 spiro atoms. The number of carbonyl (C=O) groups excluding carboxylic acids is 1. The molecule has 3 heterocycles. The molecule has 0 aliphatic carbocycles. The van der Waals surface area contributed by atoms with Gasteiger partial charge in [0.15, 0.2) is 5.69 Å². The Balaban J connectivity index is 1.69. The fourth-order valence-electron chi connectivity index (χ4n) is 3.43. The molecule has 2 aliphatic rings. The number of piperidine rings is 1. The van der Waals surface area contributed by atoms with Gasteiger partial charge in [-0.1, -0.05) is 19.1 Å². The fraction of sp³-hybridized carbons (Fsp3) is 0.812. The van der Waals surface area contributed by atoms with Crippen molar-refractivity contribution < 1.29 is 9.53 Å². The molecule has 128 valence electrons. The van der Waals surface area contributed by atoms with Gasteiger partial charge in [-0.05, 0) is 38.3 Å². The summed E-state index contributed by atoms with van der Waals surface area (Å²) < 4.78 is 7.42. The monoisotopic (exact) mass is 321 g/mol. The van der Waals surface area contributed by atoms with Crippen LogP contribution in [0.15, 0.2) is 6.20 Å². The van der Waals surface area contributed by atoms with E-state index in [1.807, 2.05) is 15.8 Å². The van der Waals surface area contributed by atoms with E-state index in [-0.39, 0.29) is 11.9 Å². The Morgan fingerprint density at radius 3 is 2.96 bits per heavy atom. The summed E-state index contributed by atoms with van der Waals surface area (Å²) in [7, 11) is 0. The van der Waals surface area contributed by atoms with Gasteiger partial charge in [0.05, 0.1) is 31.5 Å². The van der Waals surface area contributed by atoms with Gasteiger partial charge in [-0.3, -0.25) is 4.79 Å². The molecule has 7 heteroatoms. The zero-order chi connectivity index (χ0) is 16.2. The first kappa shape index (κ1) is 16.4. The van der Waals surface area contributed by atoms with Crippen molar-refractivity contribution in [2.45, 2.75) is 45.2 Å². The quantitative estimate of drug-likeness (QED) is 0.899. The molecule has 0 unspecified atom stereocenters. The van der Waals surface area contributed by atoms with E-state index >= 15 is 0 Å². The second-order valence-corrected chi connectivity index (χ2v) is 6.92. The minimum Gasteiger partial charge on any atom is -0.377 e. The van der Waals surface area contributed by atoms with Crippen LogP contribution in [-0.4, -0.2) is 64.7 Å². The molecule has 0 aromatic carbocycles. The predicted octanol–water partition coefficient (Wildman–Crippen LogP) is 1.09. The van der Waals surface area contributed by atoms with E-state index in [0.29, 0.717) is 37.4 Å². The van der Waals surface area contributed by atoms with Crippen molar-refractivity contribution in [3.05, 3.63) is 11.9 Å². The molecule has 2 saturated heterocycles. The van der Waals surface area contributed by atoms with E-state index < -0.39 is 0 Å². The number of aromatic nitrogens is 3. The third-order valence-corrected chi connectivity index (χ3v) is 4.64. The smallest absolute Gasteiger partial charge is 0.276 e. The van der Waals surface area contributed by atoms with E-state index in [9.17, 15) is 4.79 Å². The van der Waals surface area contributed by atoms with E-state index in [0.717, 1.165) is 32.4 Å². The molecule has 1 N–H and O–H groups in total. The first-order valence-electron chi connectivity index (χ1n) is 8.66. The third-order valence-electron chi connectivity index (χ3n) is 4.64. The number of rotatable bonds is 4. The minimum atomic E-state index is -0.0147. The summed E-state index contributed by atoms with van der Waals surface area (Å²) in [4.78, 5) is 14.7.